The van der Waals surface area contributed by atoms with Gasteiger partial charge in [0, 0.05) is 0 Å². The summed E-state index contributed by atoms with van der Waals surface area (Å²) in [6.45, 7) is 0. The Labute approximate surface area is 176 Å². The Bertz CT molecular complexity index is 363. The van der Waals surface area contributed by atoms with E-state index in [0.717, 1.165) is 0 Å². The minimum Gasteiger partial charge on any atom is -0.170 e. The van der Waals surface area contributed by atoms with E-state index in [1.807, 2.05) is 0 Å². The molecule has 0 heterocycles. The second-order valence-electron chi connectivity index (χ2n) is 4.36. The quantitative estimate of drug-likeness (QED) is 0.399. The van der Waals surface area contributed by atoms with Gasteiger partial charge in [-0.05, 0) is 0 Å². The van der Waals surface area contributed by atoms with Gasteiger partial charge in [-0.15, -0.1) is 0 Å². The molecule has 0 saturated heterocycles. The Hall–Kier alpha value is 0.586. The third-order valence-electron chi connectivity index (χ3n) is 2.67. The Morgan fingerprint density at radius 2 is 0.346 bits per heavy atom. The largest absolute Gasteiger partial charge is 1.00 e. The SMILES string of the molecule is FC(F)(F)[C]1[C](C(F)(F)F)[C](C(F)(F)F)[C](C(F)(F)F)[C]1C(F)(F)F.[K+]. The zero-order valence-corrected chi connectivity index (χ0v) is 14.8. The molecule has 0 unspecified atom stereocenters. The average molecular weight is 444 g/mol. The first kappa shape index (κ1) is 26.6. The van der Waals surface area contributed by atoms with Crippen LogP contribution in [0, 0.1) is 29.6 Å². The predicted octanol–water partition coefficient (Wildman–Crippen LogP) is 2.69. The molecule has 16 heteroatoms. The normalized spacial score (nSPS) is 21.3. The van der Waals surface area contributed by atoms with Crippen LogP contribution in [0.2, 0.25) is 0 Å². The van der Waals surface area contributed by atoms with E-state index in [9.17, 15) is 65.9 Å². The standard InChI is InChI=1S/C10F15.K/c11-6(12,13)1-2(7(14,15)16)4(9(20,21)22)5(10(23,24)25)3(1)8(17,18)19;/q;+1. The van der Waals surface area contributed by atoms with Gasteiger partial charge in [0.25, 0.3) is 0 Å². The van der Waals surface area contributed by atoms with Gasteiger partial charge in [-0.3, -0.25) is 0 Å². The van der Waals surface area contributed by atoms with E-state index < -0.39 is 60.5 Å². The monoisotopic (exact) mass is 444 g/mol. The smallest absolute Gasteiger partial charge is 0.170 e. The van der Waals surface area contributed by atoms with Crippen molar-refractivity contribution in [2.75, 3.05) is 0 Å². The van der Waals surface area contributed by atoms with Crippen LogP contribution in [0.1, 0.15) is 0 Å². The van der Waals surface area contributed by atoms with E-state index in [4.69, 9.17) is 0 Å². The van der Waals surface area contributed by atoms with Crippen LogP contribution in [0.15, 0.2) is 0 Å². The maximum Gasteiger partial charge on any atom is 1.00 e. The summed E-state index contributed by atoms with van der Waals surface area (Å²) in [5.74, 6) is -20.5. The van der Waals surface area contributed by atoms with Gasteiger partial charge in [0.1, 0.15) is 29.6 Å². The van der Waals surface area contributed by atoms with Gasteiger partial charge in [-0.2, -0.15) is 65.9 Å². The van der Waals surface area contributed by atoms with Crippen molar-refractivity contribution < 1.29 is 117 Å². The first-order valence-electron chi connectivity index (χ1n) is 5.33. The van der Waals surface area contributed by atoms with Gasteiger partial charge < -0.3 is 0 Å². The van der Waals surface area contributed by atoms with Crippen LogP contribution in [0.25, 0.3) is 0 Å². The summed E-state index contributed by atoms with van der Waals surface area (Å²) in [6.07, 6.45) is -34.0. The molecule has 0 aliphatic heterocycles. The van der Waals surface area contributed by atoms with E-state index in [1.165, 1.54) is 0 Å². The van der Waals surface area contributed by atoms with Crippen LogP contribution in [-0.4, -0.2) is 30.9 Å². The predicted molar refractivity (Wildman–Crippen MR) is 46.5 cm³/mol. The van der Waals surface area contributed by atoms with E-state index in [2.05, 4.69) is 0 Å². The topological polar surface area (TPSA) is 0 Å². The summed E-state index contributed by atoms with van der Waals surface area (Å²) in [5, 5.41) is 0. The summed E-state index contributed by atoms with van der Waals surface area (Å²) in [5.41, 5.74) is 0. The van der Waals surface area contributed by atoms with Crippen LogP contribution in [-0.2, 0) is 0 Å². The molecule has 0 bridgehead atoms. The molecule has 0 atom stereocenters. The van der Waals surface area contributed by atoms with Crippen LogP contribution in [0.3, 0.4) is 0 Å². The molecule has 1 aliphatic carbocycles. The molecule has 0 amide bonds. The molecule has 1 saturated carbocycles. The number of hydrogen-bond donors (Lipinski definition) is 0. The molecule has 0 spiro atoms. The van der Waals surface area contributed by atoms with Gasteiger partial charge in [-0.1, -0.05) is 0 Å². The van der Waals surface area contributed by atoms with Crippen molar-refractivity contribution in [2.24, 2.45) is 0 Å². The molecule has 0 aromatic heterocycles. The van der Waals surface area contributed by atoms with Gasteiger partial charge in [0.15, 0.2) is 0 Å². The second-order valence-corrected chi connectivity index (χ2v) is 4.36. The molecular weight excluding hydrogens is 444 g/mol. The van der Waals surface area contributed by atoms with Crippen molar-refractivity contribution in [1.82, 2.24) is 0 Å². The summed E-state index contributed by atoms with van der Waals surface area (Å²) in [7, 11) is 0. The Balaban J connectivity index is 0.00000625. The molecule has 1 aliphatic rings. The summed E-state index contributed by atoms with van der Waals surface area (Å²) < 4.78 is 189. The van der Waals surface area contributed by atoms with E-state index in [0.29, 0.717) is 0 Å². The Morgan fingerprint density at radius 3 is 0.385 bits per heavy atom. The van der Waals surface area contributed by atoms with Crippen molar-refractivity contribution in [3.8, 4) is 0 Å². The zero-order chi connectivity index (χ0) is 20.4. The zero-order valence-electron chi connectivity index (χ0n) is 11.7. The van der Waals surface area contributed by atoms with Crippen molar-refractivity contribution in [3.05, 3.63) is 29.6 Å². The van der Waals surface area contributed by atoms with Crippen LogP contribution in [0.4, 0.5) is 65.9 Å². The minimum absolute atomic E-state index is 0. The number of hydrogen-bond acceptors (Lipinski definition) is 0. The molecule has 145 valence electrons. The van der Waals surface area contributed by atoms with E-state index in [-0.39, 0.29) is 51.4 Å². The number of rotatable bonds is 0. The number of halogens is 15. The molecule has 0 aromatic rings. The minimum atomic E-state index is -6.81. The molecule has 5 radical (unpaired) electrons. The Morgan fingerprint density at radius 1 is 0.269 bits per heavy atom. The average Bonchev–Trinajstić information content (AvgIpc) is 2.61. The third kappa shape index (κ3) is 5.35. The first-order chi connectivity index (χ1) is 10.6. The fourth-order valence-electron chi connectivity index (χ4n) is 2.04. The Kier molecular flexibility index (Phi) is 7.61. The van der Waals surface area contributed by atoms with Crippen molar-refractivity contribution in [1.29, 1.82) is 0 Å². The molecule has 1 fully saturated rings. The van der Waals surface area contributed by atoms with Crippen molar-refractivity contribution >= 4 is 0 Å². The van der Waals surface area contributed by atoms with E-state index >= 15 is 0 Å². The maximum absolute atomic E-state index is 12.6. The summed E-state index contributed by atoms with van der Waals surface area (Å²) in [4.78, 5) is 0. The third-order valence-corrected chi connectivity index (χ3v) is 2.67. The maximum atomic E-state index is 12.6. The van der Waals surface area contributed by atoms with Gasteiger partial charge in [0.2, 0.25) is 0 Å². The molecular formula is C10F15K+. The fraction of sp³-hybridized carbons (Fsp3) is 0.500. The molecule has 26 heavy (non-hydrogen) atoms. The van der Waals surface area contributed by atoms with Crippen LogP contribution < -0.4 is 51.4 Å². The molecule has 1 rings (SSSR count). The van der Waals surface area contributed by atoms with Gasteiger partial charge >= 0.3 is 82.3 Å². The van der Waals surface area contributed by atoms with Crippen LogP contribution >= 0.6 is 0 Å². The number of alkyl halides is 15. The first-order valence-corrected chi connectivity index (χ1v) is 5.33. The van der Waals surface area contributed by atoms with Crippen LogP contribution in [0.5, 0.6) is 0 Å². The van der Waals surface area contributed by atoms with Crippen molar-refractivity contribution in [2.45, 2.75) is 30.9 Å². The molecule has 0 N–H and O–H groups in total. The summed E-state index contributed by atoms with van der Waals surface area (Å²) in [6, 6.07) is 0. The van der Waals surface area contributed by atoms with E-state index in [1.54, 1.807) is 0 Å². The van der Waals surface area contributed by atoms with Gasteiger partial charge in [0.05, 0.1) is 0 Å². The molecule has 0 aromatic carbocycles. The second kappa shape index (κ2) is 7.44. The van der Waals surface area contributed by atoms with Crippen molar-refractivity contribution in [3.63, 3.8) is 0 Å². The molecule has 0 nitrogen and oxygen atoms in total. The van der Waals surface area contributed by atoms with Gasteiger partial charge in [-0.25, -0.2) is 0 Å². The fourth-order valence-corrected chi connectivity index (χ4v) is 2.04. The summed E-state index contributed by atoms with van der Waals surface area (Å²) >= 11 is 0.